The molecule has 0 spiro atoms. The molecule has 1 heterocycles. The van der Waals surface area contributed by atoms with Crippen molar-refractivity contribution in [2.45, 2.75) is 26.6 Å². The van der Waals surface area contributed by atoms with E-state index in [2.05, 4.69) is 19.1 Å². The topological polar surface area (TPSA) is 42.6 Å². The third kappa shape index (κ3) is 3.11. The highest BCUT2D eigenvalue weighted by Gasteiger charge is 2.02. The van der Waals surface area contributed by atoms with Gasteiger partial charge >= 0.3 is 0 Å². The van der Waals surface area contributed by atoms with Crippen molar-refractivity contribution in [3.05, 3.63) is 53.5 Å². The number of rotatable bonds is 5. The van der Waals surface area contributed by atoms with Crippen LogP contribution in [0.4, 0.5) is 0 Å². The predicted molar refractivity (Wildman–Crippen MR) is 64.8 cm³/mol. The Hall–Kier alpha value is -1.74. The first-order valence-electron chi connectivity index (χ1n) is 5.72. The van der Waals surface area contributed by atoms with E-state index in [9.17, 15) is 0 Å². The zero-order valence-electron chi connectivity index (χ0n) is 9.85. The summed E-state index contributed by atoms with van der Waals surface area (Å²) in [7, 11) is 0. The Morgan fingerprint density at radius 2 is 1.76 bits per heavy atom. The summed E-state index contributed by atoms with van der Waals surface area (Å²) in [6.45, 7) is 2.42. The molecule has 1 aromatic heterocycles. The summed E-state index contributed by atoms with van der Waals surface area (Å²) < 4.78 is 10.9. The van der Waals surface area contributed by atoms with E-state index in [-0.39, 0.29) is 6.61 Å². The van der Waals surface area contributed by atoms with Crippen LogP contribution in [0.1, 0.15) is 24.0 Å². The molecule has 0 saturated heterocycles. The van der Waals surface area contributed by atoms with Gasteiger partial charge in [0.1, 0.15) is 30.5 Å². The molecule has 0 aliphatic carbocycles. The standard InChI is InChI=1S/C14H16O3/c1-2-11-3-5-12(6-4-11)16-10-14-8-7-13(9-15)17-14/h3-8,15H,2,9-10H2,1H3. The minimum atomic E-state index is -0.0782. The number of hydrogen-bond acceptors (Lipinski definition) is 3. The molecule has 0 aliphatic rings. The Morgan fingerprint density at radius 3 is 2.35 bits per heavy atom. The van der Waals surface area contributed by atoms with Crippen LogP contribution in [-0.2, 0) is 19.6 Å². The monoisotopic (exact) mass is 232 g/mol. The lowest BCUT2D eigenvalue weighted by atomic mass is 10.2. The van der Waals surface area contributed by atoms with Crippen LogP contribution < -0.4 is 4.74 Å². The van der Waals surface area contributed by atoms with Crippen LogP contribution in [-0.4, -0.2) is 5.11 Å². The highest BCUT2D eigenvalue weighted by atomic mass is 16.5. The number of hydrogen-bond donors (Lipinski definition) is 1. The van der Waals surface area contributed by atoms with E-state index in [0.29, 0.717) is 18.1 Å². The highest BCUT2D eigenvalue weighted by Crippen LogP contribution is 2.15. The third-order valence-electron chi connectivity index (χ3n) is 2.59. The average Bonchev–Trinajstić information content (AvgIpc) is 2.85. The molecule has 0 radical (unpaired) electrons. The van der Waals surface area contributed by atoms with Gasteiger partial charge in [-0.1, -0.05) is 19.1 Å². The largest absolute Gasteiger partial charge is 0.486 e. The molecule has 0 bridgehead atoms. The number of benzene rings is 1. The Bertz CT molecular complexity index is 457. The Labute approximate surface area is 101 Å². The summed E-state index contributed by atoms with van der Waals surface area (Å²) >= 11 is 0. The number of furan rings is 1. The zero-order chi connectivity index (χ0) is 12.1. The quantitative estimate of drug-likeness (QED) is 0.861. The van der Waals surface area contributed by atoms with Gasteiger partial charge < -0.3 is 14.3 Å². The number of ether oxygens (including phenoxy) is 1. The number of aliphatic hydroxyl groups is 1. The van der Waals surface area contributed by atoms with Gasteiger partial charge in [-0.2, -0.15) is 0 Å². The third-order valence-corrected chi connectivity index (χ3v) is 2.59. The van der Waals surface area contributed by atoms with Crippen LogP contribution in [0, 0.1) is 0 Å². The molecule has 90 valence electrons. The molecule has 3 heteroatoms. The molecule has 1 N–H and O–H groups in total. The fourth-order valence-electron chi connectivity index (χ4n) is 1.56. The molecule has 1 aromatic carbocycles. The van der Waals surface area contributed by atoms with E-state index in [1.807, 2.05) is 18.2 Å². The van der Waals surface area contributed by atoms with Gasteiger partial charge in [0.25, 0.3) is 0 Å². The van der Waals surface area contributed by atoms with Crippen LogP contribution in [0.25, 0.3) is 0 Å². The average molecular weight is 232 g/mol. The smallest absolute Gasteiger partial charge is 0.146 e. The van der Waals surface area contributed by atoms with E-state index in [1.165, 1.54) is 5.56 Å². The van der Waals surface area contributed by atoms with Gasteiger partial charge in [0.2, 0.25) is 0 Å². The summed E-state index contributed by atoms with van der Waals surface area (Å²) in [6.07, 6.45) is 1.03. The van der Waals surface area contributed by atoms with Gasteiger partial charge in [0.15, 0.2) is 0 Å². The number of aryl methyl sites for hydroxylation is 1. The molecule has 0 saturated carbocycles. The summed E-state index contributed by atoms with van der Waals surface area (Å²) in [5, 5.41) is 8.86. The summed E-state index contributed by atoms with van der Waals surface area (Å²) in [6, 6.07) is 11.6. The fraction of sp³-hybridized carbons (Fsp3) is 0.286. The van der Waals surface area contributed by atoms with Crippen molar-refractivity contribution in [2.24, 2.45) is 0 Å². The van der Waals surface area contributed by atoms with Crippen LogP contribution in [0.2, 0.25) is 0 Å². The molecular weight excluding hydrogens is 216 g/mol. The summed E-state index contributed by atoms with van der Waals surface area (Å²) in [5.74, 6) is 2.10. The van der Waals surface area contributed by atoms with Crippen molar-refractivity contribution in [3.8, 4) is 5.75 Å². The first kappa shape index (κ1) is 11.7. The van der Waals surface area contributed by atoms with Crippen LogP contribution in [0.3, 0.4) is 0 Å². The van der Waals surface area contributed by atoms with Gasteiger partial charge in [0, 0.05) is 0 Å². The minimum absolute atomic E-state index is 0.0782. The molecule has 17 heavy (non-hydrogen) atoms. The second-order valence-electron chi connectivity index (χ2n) is 3.81. The second kappa shape index (κ2) is 5.55. The van der Waals surface area contributed by atoms with Crippen molar-refractivity contribution in [3.63, 3.8) is 0 Å². The van der Waals surface area contributed by atoms with E-state index in [0.717, 1.165) is 12.2 Å². The summed E-state index contributed by atoms with van der Waals surface area (Å²) in [5.41, 5.74) is 1.29. The second-order valence-corrected chi connectivity index (χ2v) is 3.81. The normalized spacial score (nSPS) is 10.5. The van der Waals surface area contributed by atoms with E-state index in [1.54, 1.807) is 6.07 Å². The maximum absolute atomic E-state index is 8.86. The molecule has 0 aliphatic heterocycles. The molecule has 3 nitrogen and oxygen atoms in total. The van der Waals surface area contributed by atoms with Crippen molar-refractivity contribution in [1.82, 2.24) is 0 Å². The van der Waals surface area contributed by atoms with Crippen LogP contribution in [0.5, 0.6) is 5.75 Å². The van der Waals surface area contributed by atoms with E-state index in [4.69, 9.17) is 14.3 Å². The molecule has 0 atom stereocenters. The Morgan fingerprint density at radius 1 is 1.06 bits per heavy atom. The lowest BCUT2D eigenvalue weighted by Crippen LogP contribution is -1.93. The highest BCUT2D eigenvalue weighted by molar-refractivity contribution is 5.27. The van der Waals surface area contributed by atoms with Crippen molar-refractivity contribution in [1.29, 1.82) is 0 Å². The lowest BCUT2D eigenvalue weighted by Gasteiger charge is -2.04. The molecular formula is C14H16O3. The first-order chi connectivity index (χ1) is 8.31. The van der Waals surface area contributed by atoms with Crippen LogP contribution >= 0.6 is 0 Å². The van der Waals surface area contributed by atoms with E-state index < -0.39 is 0 Å². The van der Waals surface area contributed by atoms with Gasteiger partial charge in [-0.15, -0.1) is 0 Å². The van der Waals surface area contributed by atoms with Crippen LogP contribution in [0.15, 0.2) is 40.8 Å². The first-order valence-corrected chi connectivity index (χ1v) is 5.72. The molecule has 2 rings (SSSR count). The molecule has 0 unspecified atom stereocenters. The Kier molecular flexibility index (Phi) is 3.83. The van der Waals surface area contributed by atoms with Crippen molar-refractivity contribution in [2.75, 3.05) is 0 Å². The van der Waals surface area contributed by atoms with Crippen molar-refractivity contribution >= 4 is 0 Å². The lowest BCUT2D eigenvalue weighted by molar-refractivity contribution is 0.225. The Balaban J connectivity index is 1.92. The number of aliphatic hydroxyl groups excluding tert-OH is 1. The van der Waals surface area contributed by atoms with Gasteiger partial charge in [-0.05, 0) is 36.2 Å². The van der Waals surface area contributed by atoms with E-state index >= 15 is 0 Å². The van der Waals surface area contributed by atoms with Gasteiger partial charge in [-0.3, -0.25) is 0 Å². The minimum Gasteiger partial charge on any atom is -0.486 e. The fourth-order valence-corrected chi connectivity index (χ4v) is 1.56. The van der Waals surface area contributed by atoms with Gasteiger partial charge in [-0.25, -0.2) is 0 Å². The molecule has 0 amide bonds. The van der Waals surface area contributed by atoms with Crippen molar-refractivity contribution < 1.29 is 14.3 Å². The summed E-state index contributed by atoms with van der Waals surface area (Å²) in [4.78, 5) is 0. The SMILES string of the molecule is CCc1ccc(OCc2ccc(CO)o2)cc1. The van der Waals surface area contributed by atoms with Gasteiger partial charge in [0.05, 0.1) is 0 Å². The zero-order valence-corrected chi connectivity index (χ0v) is 9.85. The molecule has 2 aromatic rings. The predicted octanol–water partition coefficient (Wildman–Crippen LogP) is 2.91. The molecule has 0 fully saturated rings. The maximum Gasteiger partial charge on any atom is 0.146 e. The maximum atomic E-state index is 8.86.